The summed E-state index contributed by atoms with van der Waals surface area (Å²) in [5.41, 5.74) is 1.55. The Kier molecular flexibility index (Phi) is 5.11. The van der Waals surface area contributed by atoms with Crippen LogP contribution in [0.25, 0.3) is 0 Å². The molecule has 0 radical (unpaired) electrons. The second-order valence-electron chi connectivity index (χ2n) is 4.84. The lowest BCUT2D eigenvalue weighted by molar-refractivity contribution is 0.0949. The lowest BCUT2D eigenvalue weighted by Gasteiger charge is -2.13. The summed E-state index contributed by atoms with van der Waals surface area (Å²) in [6.45, 7) is 2.23. The molecule has 0 bridgehead atoms. The van der Waals surface area contributed by atoms with Crippen molar-refractivity contribution in [3.63, 3.8) is 0 Å². The molecule has 1 aromatic heterocycles. The number of halogens is 1. The van der Waals surface area contributed by atoms with E-state index in [1.165, 1.54) is 0 Å². The largest absolute Gasteiger partial charge is 0.363 e. The topological polar surface area (TPSA) is 58.1 Å². The van der Waals surface area contributed by atoms with Crippen molar-refractivity contribution in [2.75, 3.05) is 19.0 Å². The minimum atomic E-state index is -0.114. The number of carbonyl (C=O) groups excluding carboxylic acids is 1. The van der Waals surface area contributed by atoms with Crippen LogP contribution in [0.3, 0.4) is 0 Å². The number of aryl methyl sites for hydroxylation is 1. The molecular formula is C15H17IN4O. The quantitative estimate of drug-likeness (QED) is 0.807. The molecule has 0 aliphatic rings. The summed E-state index contributed by atoms with van der Waals surface area (Å²) >= 11 is 2.15. The maximum absolute atomic E-state index is 12.2. The summed E-state index contributed by atoms with van der Waals surface area (Å²) in [4.78, 5) is 22.8. The second-order valence-corrected chi connectivity index (χ2v) is 6.00. The third-order valence-electron chi connectivity index (χ3n) is 2.87. The van der Waals surface area contributed by atoms with Crippen LogP contribution in [0.1, 0.15) is 21.9 Å². The maximum atomic E-state index is 12.2. The average molecular weight is 396 g/mol. The summed E-state index contributed by atoms with van der Waals surface area (Å²) in [6.07, 6.45) is 0. The van der Waals surface area contributed by atoms with Gasteiger partial charge in [-0.1, -0.05) is 12.1 Å². The van der Waals surface area contributed by atoms with Gasteiger partial charge < -0.3 is 10.2 Å². The number of hydrogen-bond donors (Lipinski definition) is 1. The van der Waals surface area contributed by atoms with E-state index in [0.717, 1.165) is 15.1 Å². The van der Waals surface area contributed by atoms with E-state index in [9.17, 15) is 4.79 Å². The standard InChI is InChI=1S/C15H17IN4O/c1-10-8-14(20(2)3)19-13(18-10)9-17-15(21)11-6-4-5-7-12(11)16/h4-8H,9H2,1-3H3,(H,17,21). The van der Waals surface area contributed by atoms with Crippen LogP contribution in [0.15, 0.2) is 30.3 Å². The normalized spacial score (nSPS) is 10.3. The molecule has 5 nitrogen and oxygen atoms in total. The van der Waals surface area contributed by atoms with Crippen molar-refractivity contribution in [3.05, 3.63) is 51.0 Å². The van der Waals surface area contributed by atoms with Crippen molar-refractivity contribution in [2.24, 2.45) is 0 Å². The first kappa shape index (κ1) is 15.7. The minimum absolute atomic E-state index is 0.114. The monoisotopic (exact) mass is 396 g/mol. The van der Waals surface area contributed by atoms with Crippen LogP contribution < -0.4 is 10.2 Å². The number of carbonyl (C=O) groups is 1. The van der Waals surface area contributed by atoms with Gasteiger partial charge >= 0.3 is 0 Å². The zero-order chi connectivity index (χ0) is 15.4. The molecule has 0 aliphatic heterocycles. The molecule has 0 saturated heterocycles. The molecule has 1 N–H and O–H groups in total. The van der Waals surface area contributed by atoms with E-state index >= 15 is 0 Å². The first-order valence-corrected chi connectivity index (χ1v) is 7.60. The molecular weight excluding hydrogens is 379 g/mol. The Balaban J connectivity index is 2.10. The van der Waals surface area contributed by atoms with Crippen LogP contribution in [0, 0.1) is 10.5 Å². The van der Waals surface area contributed by atoms with E-state index in [4.69, 9.17) is 0 Å². The average Bonchev–Trinajstić information content (AvgIpc) is 2.44. The first-order valence-electron chi connectivity index (χ1n) is 6.52. The van der Waals surface area contributed by atoms with E-state index in [1.807, 2.05) is 50.2 Å². The molecule has 21 heavy (non-hydrogen) atoms. The number of rotatable bonds is 4. The molecule has 6 heteroatoms. The van der Waals surface area contributed by atoms with Gasteiger partial charge in [0.25, 0.3) is 5.91 Å². The van der Waals surface area contributed by atoms with Crippen LogP contribution in [0.5, 0.6) is 0 Å². The van der Waals surface area contributed by atoms with Crippen LogP contribution in [-0.4, -0.2) is 30.0 Å². The number of anilines is 1. The number of benzene rings is 1. The Bertz CT molecular complexity index is 658. The third kappa shape index (κ3) is 4.13. The third-order valence-corrected chi connectivity index (χ3v) is 3.81. The summed E-state index contributed by atoms with van der Waals surface area (Å²) in [5.74, 6) is 1.33. The molecule has 110 valence electrons. The summed E-state index contributed by atoms with van der Waals surface area (Å²) in [5, 5.41) is 2.86. The maximum Gasteiger partial charge on any atom is 0.252 e. The molecule has 2 aromatic rings. The fourth-order valence-electron chi connectivity index (χ4n) is 1.82. The SMILES string of the molecule is Cc1cc(N(C)C)nc(CNC(=O)c2ccccc2I)n1. The van der Waals surface area contributed by atoms with Crippen molar-refractivity contribution in [2.45, 2.75) is 13.5 Å². The predicted molar refractivity (Wildman–Crippen MR) is 91.4 cm³/mol. The number of nitrogens with zero attached hydrogens (tertiary/aromatic N) is 3. The molecule has 0 aliphatic carbocycles. The van der Waals surface area contributed by atoms with E-state index in [2.05, 4.69) is 37.9 Å². The fourth-order valence-corrected chi connectivity index (χ4v) is 2.45. The van der Waals surface area contributed by atoms with Gasteiger partial charge in [0.2, 0.25) is 0 Å². The first-order chi connectivity index (χ1) is 9.97. The fraction of sp³-hybridized carbons (Fsp3) is 0.267. The smallest absolute Gasteiger partial charge is 0.252 e. The molecule has 1 aromatic carbocycles. The Labute approximate surface area is 137 Å². The molecule has 2 rings (SSSR count). The Morgan fingerprint density at radius 3 is 2.67 bits per heavy atom. The van der Waals surface area contributed by atoms with Crippen molar-refractivity contribution in [1.82, 2.24) is 15.3 Å². The van der Waals surface area contributed by atoms with Gasteiger partial charge in [-0.15, -0.1) is 0 Å². The number of nitrogens with one attached hydrogen (secondary N) is 1. The van der Waals surface area contributed by atoms with Gasteiger partial charge in [0, 0.05) is 29.4 Å². The van der Waals surface area contributed by atoms with Crippen LogP contribution in [-0.2, 0) is 6.54 Å². The molecule has 0 spiro atoms. The van der Waals surface area contributed by atoms with Crippen molar-refractivity contribution >= 4 is 34.3 Å². The molecule has 0 unspecified atom stereocenters. The highest BCUT2D eigenvalue weighted by Gasteiger charge is 2.10. The lowest BCUT2D eigenvalue weighted by atomic mass is 10.2. The van der Waals surface area contributed by atoms with Crippen molar-refractivity contribution < 1.29 is 4.79 Å². The highest BCUT2D eigenvalue weighted by molar-refractivity contribution is 14.1. The van der Waals surface area contributed by atoms with E-state index in [0.29, 0.717) is 17.9 Å². The molecule has 0 atom stereocenters. The van der Waals surface area contributed by atoms with Crippen LogP contribution in [0.2, 0.25) is 0 Å². The number of amides is 1. The van der Waals surface area contributed by atoms with E-state index in [-0.39, 0.29) is 5.91 Å². The van der Waals surface area contributed by atoms with Gasteiger partial charge in [0.05, 0.1) is 12.1 Å². The van der Waals surface area contributed by atoms with Crippen LogP contribution in [0.4, 0.5) is 5.82 Å². The van der Waals surface area contributed by atoms with Gasteiger partial charge in [-0.2, -0.15) is 0 Å². The highest BCUT2D eigenvalue weighted by Crippen LogP contribution is 2.12. The summed E-state index contributed by atoms with van der Waals surface area (Å²) < 4.78 is 0.923. The van der Waals surface area contributed by atoms with E-state index in [1.54, 1.807) is 6.07 Å². The Hall–Kier alpha value is -1.70. The zero-order valence-electron chi connectivity index (χ0n) is 12.2. The van der Waals surface area contributed by atoms with Gasteiger partial charge in [0.1, 0.15) is 11.6 Å². The summed E-state index contributed by atoms with van der Waals surface area (Å²) in [6, 6.07) is 9.38. The summed E-state index contributed by atoms with van der Waals surface area (Å²) in [7, 11) is 3.85. The Morgan fingerprint density at radius 2 is 2.00 bits per heavy atom. The van der Waals surface area contributed by atoms with E-state index < -0.39 is 0 Å². The van der Waals surface area contributed by atoms with Gasteiger partial charge in [-0.05, 0) is 41.6 Å². The number of aromatic nitrogens is 2. The van der Waals surface area contributed by atoms with Crippen molar-refractivity contribution in [3.8, 4) is 0 Å². The van der Waals surface area contributed by atoms with Gasteiger partial charge in [0.15, 0.2) is 0 Å². The van der Waals surface area contributed by atoms with Crippen molar-refractivity contribution in [1.29, 1.82) is 0 Å². The minimum Gasteiger partial charge on any atom is -0.363 e. The number of hydrogen-bond acceptors (Lipinski definition) is 4. The zero-order valence-corrected chi connectivity index (χ0v) is 14.4. The lowest BCUT2D eigenvalue weighted by Crippen LogP contribution is -2.25. The van der Waals surface area contributed by atoms with Gasteiger partial charge in [-0.25, -0.2) is 9.97 Å². The molecule has 0 fully saturated rings. The highest BCUT2D eigenvalue weighted by atomic mass is 127. The van der Waals surface area contributed by atoms with Crippen LogP contribution >= 0.6 is 22.6 Å². The Morgan fingerprint density at radius 1 is 1.29 bits per heavy atom. The molecule has 1 heterocycles. The molecule has 0 saturated carbocycles. The second kappa shape index (κ2) is 6.84. The predicted octanol–water partition coefficient (Wildman–Crippen LogP) is 2.39. The molecule has 1 amide bonds. The van der Waals surface area contributed by atoms with Gasteiger partial charge in [-0.3, -0.25) is 4.79 Å².